The van der Waals surface area contributed by atoms with E-state index in [1.54, 1.807) is 17.0 Å². The molecule has 3 nitrogen and oxygen atoms in total. The van der Waals surface area contributed by atoms with Gasteiger partial charge >= 0.3 is 5.97 Å². The van der Waals surface area contributed by atoms with E-state index in [4.69, 9.17) is 0 Å². The summed E-state index contributed by atoms with van der Waals surface area (Å²) in [6, 6.07) is 6.10. The van der Waals surface area contributed by atoms with Gasteiger partial charge in [-0.3, -0.25) is 0 Å². The van der Waals surface area contributed by atoms with Crippen LogP contribution >= 0.6 is 15.9 Å². The number of hydrogen-bond donors (Lipinski definition) is 0. The molecular formula is C12H9BrFNO2. The van der Waals surface area contributed by atoms with Crippen LogP contribution in [0, 0.1) is 5.82 Å². The lowest BCUT2D eigenvalue weighted by atomic mass is 10.1. The smallest absolute Gasteiger partial charge is 0.340 e. The number of ether oxygens (including phenoxy) is 1. The quantitative estimate of drug-likeness (QED) is 0.797. The summed E-state index contributed by atoms with van der Waals surface area (Å²) >= 11 is 3.25. The molecule has 0 N–H and O–H groups in total. The van der Waals surface area contributed by atoms with E-state index in [-0.39, 0.29) is 5.56 Å². The summed E-state index contributed by atoms with van der Waals surface area (Å²) in [6.07, 6.45) is 3.54. The van der Waals surface area contributed by atoms with Crippen LogP contribution in [-0.2, 0) is 4.74 Å². The maximum Gasteiger partial charge on any atom is 0.340 e. The fourth-order valence-corrected chi connectivity index (χ4v) is 2.21. The van der Waals surface area contributed by atoms with Crippen LogP contribution in [0.5, 0.6) is 0 Å². The molecule has 17 heavy (non-hydrogen) atoms. The van der Waals surface area contributed by atoms with Gasteiger partial charge in [0, 0.05) is 16.9 Å². The highest BCUT2D eigenvalue weighted by molar-refractivity contribution is 9.10. The number of methoxy groups -OCH3 is 1. The topological polar surface area (TPSA) is 31.2 Å². The Morgan fingerprint density at radius 3 is 2.59 bits per heavy atom. The molecule has 0 fully saturated rings. The molecule has 2 aromatic rings. The number of hydrogen-bond acceptors (Lipinski definition) is 2. The number of carbonyl (C=O) groups is 1. The molecule has 0 atom stereocenters. The molecule has 1 aromatic heterocycles. The Morgan fingerprint density at radius 1 is 1.35 bits per heavy atom. The molecule has 0 unspecified atom stereocenters. The van der Waals surface area contributed by atoms with Gasteiger partial charge in [0.1, 0.15) is 5.82 Å². The van der Waals surface area contributed by atoms with Crippen molar-refractivity contribution in [2.45, 2.75) is 0 Å². The van der Waals surface area contributed by atoms with E-state index < -0.39 is 11.8 Å². The minimum Gasteiger partial charge on any atom is -0.465 e. The van der Waals surface area contributed by atoms with E-state index >= 15 is 0 Å². The van der Waals surface area contributed by atoms with Crippen LogP contribution < -0.4 is 0 Å². The van der Waals surface area contributed by atoms with Gasteiger partial charge in [0.15, 0.2) is 0 Å². The SMILES string of the molecule is COC(=O)c1cc(F)cc(Br)c1-n1cccc1. The number of carbonyl (C=O) groups excluding carboxylic acids is 1. The van der Waals surface area contributed by atoms with Crippen LogP contribution in [0.25, 0.3) is 5.69 Å². The largest absolute Gasteiger partial charge is 0.465 e. The Kier molecular flexibility index (Phi) is 3.28. The van der Waals surface area contributed by atoms with Crippen LogP contribution in [0.15, 0.2) is 41.1 Å². The van der Waals surface area contributed by atoms with Crippen LogP contribution in [0.4, 0.5) is 4.39 Å². The van der Waals surface area contributed by atoms with E-state index in [1.165, 1.54) is 13.2 Å². The first-order chi connectivity index (χ1) is 8.13. The minimum absolute atomic E-state index is 0.176. The fourth-order valence-electron chi connectivity index (χ4n) is 1.58. The molecule has 1 aromatic carbocycles. The lowest BCUT2D eigenvalue weighted by Gasteiger charge is -2.11. The molecule has 0 amide bonds. The first-order valence-corrected chi connectivity index (χ1v) is 5.63. The van der Waals surface area contributed by atoms with Gasteiger partial charge in [0.2, 0.25) is 0 Å². The number of rotatable bonds is 2. The first-order valence-electron chi connectivity index (χ1n) is 4.84. The van der Waals surface area contributed by atoms with Crippen molar-refractivity contribution in [3.63, 3.8) is 0 Å². The molecule has 0 spiro atoms. The molecule has 5 heteroatoms. The second-order valence-electron chi connectivity index (χ2n) is 3.37. The minimum atomic E-state index is -0.575. The zero-order valence-corrected chi connectivity index (χ0v) is 10.6. The fraction of sp³-hybridized carbons (Fsp3) is 0.0833. The molecule has 0 saturated carbocycles. The Balaban J connectivity index is 2.68. The third-order valence-corrected chi connectivity index (χ3v) is 2.90. The van der Waals surface area contributed by atoms with Gasteiger partial charge in [-0.05, 0) is 40.2 Å². The van der Waals surface area contributed by atoms with Crippen molar-refractivity contribution in [3.05, 3.63) is 52.5 Å². The Hall–Kier alpha value is -1.62. The molecule has 0 saturated heterocycles. The van der Waals surface area contributed by atoms with Gasteiger partial charge in [-0.15, -0.1) is 0 Å². The molecule has 0 aliphatic rings. The van der Waals surface area contributed by atoms with Gasteiger partial charge in [-0.1, -0.05) is 0 Å². The Labute approximate surface area is 106 Å². The highest BCUT2D eigenvalue weighted by Gasteiger charge is 2.17. The van der Waals surface area contributed by atoms with Crippen LogP contribution in [-0.4, -0.2) is 17.6 Å². The molecule has 88 valence electrons. The van der Waals surface area contributed by atoms with Crippen molar-refractivity contribution in [2.24, 2.45) is 0 Å². The van der Waals surface area contributed by atoms with Crippen molar-refractivity contribution in [1.29, 1.82) is 0 Å². The predicted octanol–water partition coefficient (Wildman–Crippen LogP) is 3.17. The summed E-state index contributed by atoms with van der Waals surface area (Å²) < 4.78 is 20.2. The molecule has 0 radical (unpaired) electrons. The van der Waals surface area contributed by atoms with Crippen molar-refractivity contribution in [3.8, 4) is 5.69 Å². The molecule has 2 rings (SSSR count). The van der Waals surface area contributed by atoms with Crippen molar-refractivity contribution >= 4 is 21.9 Å². The zero-order chi connectivity index (χ0) is 12.4. The molecular weight excluding hydrogens is 289 g/mol. The highest BCUT2D eigenvalue weighted by atomic mass is 79.9. The summed E-state index contributed by atoms with van der Waals surface area (Å²) in [5, 5.41) is 0. The molecule has 0 bridgehead atoms. The van der Waals surface area contributed by atoms with Crippen molar-refractivity contribution in [1.82, 2.24) is 4.57 Å². The number of aromatic nitrogens is 1. The average Bonchev–Trinajstić information content (AvgIpc) is 2.80. The third-order valence-electron chi connectivity index (χ3n) is 2.30. The first kappa shape index (κ1) is 11.9. The van der Waals surface area contributed by atoms with Gasteiger partial charge in [-0.2, -0.15) is 0 Å². The van der Waals surface area contributed by atoms with Gasteiger partial charge < -0.3 is 9.30 Å². The summed E-state index contributed by atoms with van der Waals surface area (Å²) in [7, 11) is 1.26. The van der Waals surface area contributed by atoms with Gasteiger partial charge in [0.25, 0.3) is 0 Å². The van der Waals surface area contributed by atoms with Crippen molar-refractivity contribution < 1.29 is 13.9 Å². The second kappa shape index (κ2) is 4.71. The summed E-state index contributed by atoms with van der Waals surface area (Å²) in [6.45, 7) is 0. The molecule has 0 aliphatic heterocycles. The Bertz CT molecular complexity index is 552. The zero-order valence-electron chi connectivity index (χ0n) is 8.98. The number of halogens is 2. The summed E-state index contributed by atoms with van der Waals surface area (Å²) in [5.41, 5.74) is 0.735. The predicted molar refractivity (Wildman–Crippen MR) is 64.8 cm³/mol. The van der Waals surface area contributed by atoms with E-state index in [0.717, 1.165) is 6.07 Å². The van der Waals surface area contributed by atoms with Gasteiger partial charge in [0.05, 0.1) is 18.4 Å². The number of nitrogens with zero attached hydrogens (tertiary/aromatic N) is 1. The van der Waals surface area contributed by atoms with Crippen LogP contribution in [0.3, 0.4) is 0 Å². The van der Waals surface area contributed by atoms with Crippen LogP contribution in [0.1, 0.15) is 10.4 Å². The average molecular weight is 298 g/mol. The standard InChI is InChI=1S/C12H9BrFNO2/c1-17-12(16)9-6-8(14)7-10(13)11(9)15-4-2-3-5-15/h2-7H,1H3. The van der Waals surface area contributed by atoms with E-state index in [2.05, 4.69) is 20.7 Å². The second-order valence-corrected chi connectivity index (χ2v) is 4.22. The van der Waals surface area contributed by atoms with Gasteiger partial charge in [-0.25, -0.2) is 9.18 Å². The lowest BCUT2D eigenvalue weighted by molar-refractivity contribution is 0.0600. The van der Waals surface area contributed by atoms with Crippen molar-refractivity contribution in [2.75, 3.05) is 7.11 Å². The highest BCUT2D eigenvalue weighted by Crippen LogP contribution is 2.27. The molecule has 1 heterocycles. The van der Waals surface area contributed by atoms with E-state index in [1.807, 2.05) is 12.1 Å². The van der Waals surface area contributed by atoms with E-state index in [0.29, 0.717) is 10.2 Å². The molecule has 0 aliphatic carbocycles. The normalized spacial score (nSPS) is 10.3. The number of esters is 1. The van der Waals surface area contributed by atoms with Crippen LogP contribution in [0.2, 0.25) is 0 Å². The van der Waals surface area contributed by atoms with E-state index in [9.17, 15) is 9.18 Å². The summed E-state index contributed by atoms with van der Waals surface area (Å²) in [5.74, 6) is -1.07. The number of benzene rings is 1. The third kappa shape index (κ3) is 2.24. The lowest BCUT2D eigenvalue weighted by Crippen LogP contribution is -2.08. The Morgan fingerprint density at radius 2 is 2.00 bits per heavy atom. The summed E-state index contributed by atoms with van der Waals surface area (Å²) in [4.78, 5) is 11.6. The maximum atomic E-state index is 13.3. The maximum absolute atomic E-state index is 13.3. The monoisotopic (exact) mass is 297 g/mol.